The van der Waals surface area contributed by atoms with E-state index < -0.39 is 0 Å². The minimum absolute atomic E-state index is 0.302. The van der Waals surface area contributed by atoms with Gasteiger partial charge in [0.1, 0.15) is 0 Å². The van der Waals surface area contributed by atoms with Crippen LogP contribution in [0.2, 0.25) is 0 Å². The van der Waals surface area contributed by atoms with E-state index in [0.717, 1.165) is 6.54 Å². The molecule has 20 heavy (non-hydrogen) atoms. The highest BCUT2D eigenvalue weighted by atomic mass is 32.1. The van der Waals surface area contributed by atoms with Crippen LogP contribution in [0.1, 0.15) is 58.4 Å². The number of piperazine rings is 1. The molecule has 2 rings (SSSR count). The molecule has 1 saturated heterocycles. The van der Waals surface area contributed by atoms with Gasteiger partial charge in [0, 0.05) is 35.6 Å². The van der Waals surface area contributed by atoms with Crippen molar-refractivity contribution >= 4 is 11.3 Å². The highest BCUT2D eigenvalue weighted by Crippen LogP contribution is 2.34. The van der Waals surface area contributed by atoms with Gasteiger partial charge in [-0.05, 0) is 37.1 Å². The molecule has 2 unspecified atom stereocenters. The van der Waals surface area contributed by atoms with Crippen molar-refractivity contribution in [2.24, 2.45) is 5.92 Å². The summed E-state index contributed by atoms with van der Waals surface area (Å²) >= 11 is 1.89. The maximum Gasteiger partial charge on any atom is 0.0417 e. The van der Waals surface area contributed by atoms with E-state index in [1.54, 1.807) is 0 Å². The van der Waals surface area contributed by atoms with E-state index in [-0.39, 0.29) is 0 Å². The van der Waals surface area contributed by atoms with Gasteiger partial charge in [0.25, 0.3) is 0 Å². The van der Waals surface area contributed by atoms with Gasteiger partial charge in [-0.25, -0.2) is 0 Å². The fourth-order valence-corrected chi connectivity index (χ4v) is 4.22. The third-order valence-corrected chi connectivity index (χ3v) is 6.22. The summed E-state index contributed by atoms with van der Waals surface area (Å²) in [6, 6.07) is 5.63. The Bertz CT molecular complexity index is 395. The van der Waals surface area contributed by atoms with Crippen LogP contribution in [0, 0.1) is 5.92 Å². The summed E-state index contributed by atoms with van der Waals surface area (Å²) in [6.07, 6.45) is 2.42. The van der Waals surface area contributed by atoms with Crippen molar-refractivity contribution in [3.05, 3.63) is 22.4 Å². The van der Waals surface area contributed by atoms with Gasteiger partial charge in [-0.3, -0.25) is 4.90 Å². The summed E-state index contributed by atoms with van der Waals surface area (Å²) in [6.45, 7) is 14.0. The van der Waals surface area contributed by atoms with Crippen LogP contribution in [0.25, 0.3) is 0 Å². The Morgan fingerprint density at radius 2 is 2.05 bits per heavy atom. The van der Waals surface area contributed by atoms with Crippen molar-refractivity contribution in [2.45, 2.75) is 65.1 Å². The van der Waals surface area contributed by atoms with Gasteiger partial charge in [0.15, 0.2) is 0 Å². The van der Waals surface area contributed by atoms with Gasteiger partial charge in [0.2, 0.25) is 0 Å². The van der Waals surface area contributed by atoms with Crippen LogP contribution in [0.15, 0.2) is 17.5 Å². The molecule has 2 heterocycles. The molecular weight excluding hydrogens is 264 g/mol. The van der Waals surface area contributed by atoms with E-state index in [0.29, 0.717) is 23.5 Å². The molecule has 114 valence electrons. The Morgan fingerprint density at radius 3 is 2.55 bits per heavy atom. The number of nitrogens with zero attached hydrogens (tertiary/aromatic N) is 1. The molecule has 1 aromatic heterocycles. The summed E-state index contributed by atoms with van der Waals surface area (Å²) in [5.41, 5.74) is 0.302. The molecule has 2 nitrogen and oxygen atoms in total. The van der Waals surface area contributed by atoms with Crippen molar-refractivity contribution in [1.82, 2.24) is 10.2 Å². The first-order valence-corrected chi connectivity index (χ1v) is 8.95. The predicted molar refractivity (Wildman–Crippen MR) is 89.4 cm³/mol. The maximum absolute atomic E-state index is 3.86. The Kier molecular flexibility index (Phi) is 5.27. The molecule has 0 radical (unpaired) electrons. The molecular formula is C17H30N2S. The van der Waals surface area contributed by atoms with Crippen molar-refractivity contribution in [2.75, 3.05) is 13.1 Å². The van der Waals surface area contributed by atoms with Crippen LogP contribution in [0.4, 0.5) is 0 Å². The topological polar surface area (TPSA) is 15.3 Å². The normalized spacial score (nSPS) is 25.0. The fraction of sp³-hybridized carbons (Fsp3) is 0.765. The molecule has 0 spiro atoms. The van der Waals surface area contributed by atoms with E-state index in [2.05, 4.69) is 62.3 Å². The van der Waals surface area contributed by atoms with Crippen LogP contribution < -0.4 is 5.32 Å². The van der Waals surface area contributed by atoms with Gasteiger partial charge in [-0.1, -0.05) is 33.8 Å². The Morgan fingerprint density at radius 1 is 1.35 bits per heavy atom. The second kappa shape index (κ2) is 6.59. The molecule has 0 saturated carbocycles. The minimum Gasteiger partial charge on any atom is -0.308 e. The zero-order chi connectivity index (χ0) is 14.8. The molecule has 0 bridgehead atoms. The van der Waals surface area contributed by atoms with E-state index in [1.165, 1.54) is 24.3 Å². The largest absolute Gasteiger partial charge is 0.308 e. The van der Waals surface area contributed by atoms with Crippen molar-refractivity contribution in [3.8, 4) is 0 Å². The average Bonchev–Trinajstić information content (AvgIpc) is 2.99. The Balaban J connectivity index is 2.23. The minimum atomic E-state index is 0.302. The molecule has 0 aliphatic carbocycles. The number of hydrogen-bond acceptors (Lipinski definition) is 3. The van der Waals surface area contributed by atoms with E-state index in [9.17, 15) is 0 Å². The van der Waals surface area contributed by atoms with Crippen molar-refractivity contribution in [1.29, 1.82) is 0 Å². The average molecular weight is 295 g/mol. The third kappa shape index (κ3) is 3.10. The monoisotopic (exact) mass is 294 g/mol. The SMILES string of the molecule is CCC1(CC)CN(C(C)c2cccs2)C(C(C)C)CN1. The third-order valence-electron chi connectivity index (χ3n) is 5.17. The summed E-state index contributed by atoms with van der Waals surface area (Å²) in [5, 5.41) is 6.05. The first-order chi connectivity index (χ1) is 9.53. The molecule has 0 aromatic carbocycles. The van der Waals surface area contributed by atoms with Crippen molar-refractivity contribution < 1.29 is 0 Å². The first kappa shape index (κ1) is 16.0. The lowest BCUT2D eigenvalue weighted by atomic mass is 9.85. The molecule has 2 atom stereocenters. The van der Waals surface area contributed by atoms with Crippen LogP contribution in [-0.2, 0) is 0 Å². The molecule has 3 heteroatoms. The standard InChI is InChI=1S/C17H30N2S/c1-6-17(7-2)12-19(15(11-18-17)13(3)4)14(5)16-9-8-10-20-16/h8-10,13-15,18H,6-7,11-12H2,1-5H3. The van der Waals surface area contributed by atoms with Crippen molar-refractivity contribution in [3.63, 3.8) is 0 Å². The number of hydrogen-bond donors (Lipinski definition) is 1. The summed E-state index contributed by atoms with van der Waals surface area (Å²) in [5.74, 6) is 0.691. The van der Waals surface area contributed by atoms with Gasteiger partial charge < -0.3 is 5.32 Å². The lowest BCUT2D eigenvalue weighted by Crippen LogP contribution is -2.65. The van der Waals surface area contributed by atoms with Gasteiger partial charge >= 0.3 is 0 Å². The summed E-state index contributed by atoms with van der Waals surface area (Å²) in [7, 11) is 0. The van der Waals surface area contributed by atoms with E-state index in [4.69, 9.17) is 0 Å². The molecule has 1 aromatic rings. The van der Waals surface area contributed by atoms with Crippen LogP contribution in [0.3, 0.4) is 0 Å². The maximum atomic E-state index is 3.86. The summed E-state index contributed by atoms with van der Waals surface area (Å²) < 4.78 is 0. The fourth-order valence-electron chi connectivity index (χ4n) is 3.42. The number of rotatable bonds is 5. The Hall–Kier alpha value is -0.380. The van der Waals surface area contributed by atoms with Gasteiger partial charge in [-0.15, -0.1) is 11.3 Å². The zero-order valence-electron chi connectivity index (χ0n) is 13.6. The molecule has 1 aliphatic rings. The quantitative estimate of drug-likeness (QED) is 0.871. The Labute approximate surface area is 128 Å². The van der Waals surface area contributed by atoms with E-state index in [1.807, 2.05) is 11.3 Å². The van der Waals surface area contributed by atoms with Crippen LogP contribution in [-0.4, -0.2) is 29.6 Å². The predicted octanol–water partition coefficient (Wildman–Crippen LogP) is 4.30. The van der Waals surface area contributed by atoms with Crippen LogP contribution in [0.5, 0.6) is 0 Å². The molecule has 1 fully saturated rings. The second-order valence-corrected chi connectivity index (χ2v) is 7.52. The molecule has 1 aliphatic heterocycles. The molecule has 0 amide bonds. The summed E-state index contributed by atoms with van der Waals surface area (Å²) in [4.78, 5) is 4.25. The first-order valence-electron chi connectivity index (χ1n) is 8.07. The van der Waals surface area contributed by atoms with Gasteiger partial charge in [0.05, 0.1) is 0 Å². The second-order valence-electron chi connectivity index (χ2n) is 6.54. The smallest absolute Gasteiger partial charge is 0.0417 e. The highest BCUT2D eigenvalue weighted by molar-refractivity contribution is 7.10. The van der Waals surface area contributed by atoms with E-state index >= 15 is 0 Å². The number of nitrogens with one attached hydrogen (secondary N) is 1. The lowest BCUT2D eigenvalue weighted by molar-refractivity contribution is 0.0224. The van der Waals surface area contributed by atoms with Crippen LogP contribution >= 0.6 is 11.3 Å². The lowest BCUT2D eigenvalue weighted by Gasteiger charge is -2.51. The van der Waals surface area contributed by atoms with Gasteiger partial charge in [-0.2, -0.15) is 0 Å². The zero-order valence-corrected chi connectivity index (χ0v) is 14.5. The number of thiophene rings is 1. The molecule has 1 N–H and O–H groups in total. The highest BCUT2D eigenvalue weighted by Gasteiger charge is 2.40.